The van der Waals surface area contributed by atoms with Crippen LogP contribution >= 0.6 is 11.6 Å². The molecule has 0 saturated carbocycles. The van der Waals surface area contributed by atoms with E-state index in [1.54, 1.807) is 0 Å². The molecule has 0 aliphatic heterocycles. The zero-order valence-electron chi connectivity index (χ0n) is 3.84. The van der Waals surface area contributed by atoms with E-state index < -0.39 is 12.0 Å². The van der Waals surface area contributed by atoms with Gasteiger partial charge in [-0.15, -0.1) is 0 Å². The average molecular weight is 127 g/mol. The number of aliphatic hydroxyl groups is 2. The van der Waals surface area contributed by atoms with Crippen molar-refractivity contribution in [2.24, 2.45) is 0 Å². The lowest BCUT2D eigenvalue weighted by Crippen LogP contribution is -2.13. The molecule has 4 heteroatoms. The Morgan fingerprint density at radius 2 is 2.00 bits per heavy atom. The predicted octanol–water partition coefficient (Wildman–Crippen LogP) is -0.144. The van der Waals surface area contributed by atoms with Crippen LogP contribution in [0.2, 0.25) is 0 Å². The van der Waals surface area contributed by atoms with Crippen LogP contribution in [-0.2, 0) is 4.74 Å². The van der Waals surface area contributed by atoms with E-state index >= 15 is 0 Å². The lowest BCUT2D eigenvalue weighted by Gasteiger charge is -2.04. The number of hydrogen-bond acceptors (Lipinski definition) is 3. The smallest absolute Gasteiger partial charge is 0.267 e. The van der Waals surface area contributed by atoms with Gasteiger partial charge in [-0.3, -0.25) is 0 Å². The summed E-state index contributed by atoms with van der Waals surface area (Å²) in [6.07, 6.45) is 0. The Morgan fingerprint density at radius 1 is 1.57 bits per heavy atom. The molecule has 0 aromatic rings. The van der Waals surface area contributed by atoms with Crippen LogP contribution in [0.25, 0.3) is 0 Å². The molecule has 1 atom stereocenters. The fourth-order valence-electron chi connectivity index (χ4n) is 0.168. The molecule has 7 heavy (non-hydrogen) atoms. The molecule has 0 aromatic heterocycles. The lowest BCUT2D eigenvalue weighted by molar-refractivity contribution is -0.239. The second kappa shape index (κ2) is 3.21. The number of alkyl halides is 1. The topological polar surface area (TPSA) is 49.7 Å². The number of rotatable bonds is 2. The van der Waals surface area contributed by atoms with E-state index in [0.29, 0.717) is 0 Å². The number of aliphatic hydroxyl groups excluding tert-OH is 1. The van der Waals surface area contributed by atoms with Gasteiger partial charge >= 0.3 is 0 Å². The molecule has 0 saturated heterocycles. The lowest BCUT2D eigenvalue weighted by atomic mass is 10.9. The Kier molecular flexibility index (Phi) is 3.29. The summed E-state index contributed by atoms with van der Waals surface area (Å²) >= 11 is 5.13. The van der Waals surface area contributed by atoms with Crippen LogP contribution in [0.4, 0.5) is 0 Å². The molecule has 0 aromatic carbocycles. The fraction of sp³-hybridized carbons (Fsp3) is 1.00. The molecule has 0 bridgehead atoms. The summed E-state index contributed by atoms with van der Waals surface area (Å²) in [5.41, 5.74) is -0.653. The molecule has 0 fully saturated rings. The van der Waals surface area contributed by atoms with E-state index in [9.17, 15) is 0 Å². The second-order valence-electron chi connectivity index (χ2n) is 1.01. The zero-order chi connectivity index (χ0) is 5.86. The van der Waals surface area contributed by atoms with Crippen LogP contribution in [0.5, 0.6) is 0 Å². The molecule has 0 heterocycles. The molecular weight excluding hydrogens is 119 g/mol. The Labute approximate surface area is 46.5 Å². The molecule has 0 aliphatic rings. The maximum absolute atomic E-state index is 7.97. The van der Waals surface area contributed by atoms with Gasteiger partial charge in [-0.05, 0) is 6.92 Å². The molecule has 0 rings (SSSR count). The molecule has 0 radical (unpaired) electrons. The number of hydrogen-bond donors (Lipinski definition) is 2. The molecule has 1 unspecified atom stereocenters. The van der Waals surface area contributed by atoms with Gasteiger partial charge in [0.2, 0.25) is 0 Å². The van der Waals surface area contributed by atoms with Crippen LogP contribution in [0, 0.1) is 0 Å². The SMILES string of the molecule is CC(Cl)OC(O)O. The highest BCUT2D eigenvalue weighted by molar-refractivity contribution is 6.19. The first-order valence-electron chi connectivity index (χ1n) is 1.78. The predicted molar refractivity (Wildman–Crippen MR) is 24.6 cm³/mol. The Morgan fingerprint density at radius 3 is 2.00 bits per heavy atom. The van der Waals surface area contributed by atoms with Crippen molar-refractivity contribution in [3.63, 3.8) is 0 Å². The van der Waals surface area contributed by atoms with Crippen molar-refractivity contribution in [3.8, 4) is 0 Å². The van der Waals surface area contributed by atoms with Gasteiger partial charge in [-0.2, -0.15) is 0 Å². The molecule has 0 spiro atoms. The highest BCUT2D eigenvalue weighted by atomic mass is 35.5. The van der Waals surface area contributed by atoms with Gasteiger partial charge in [-0.1, -0.05) is 11.6 Å². The Bertz CT molecular complexity index is 39.4. The normalized spacial score (nSPS) is 15.0. The standard InChI is InChI=1S/C3H7ClO3/c1-2(4)7-3(5)6/h2-3,5-6H,1H3. The minimum atomic E-state index is -1.76. The van der Waals surface area contributed by atoms with Gasteiger partial charge in [-0.25, -0.2) is 0 Å². The second-order valence-corrected chi connectivity index (χ2v) is 1.62. The summed E-state index contributed by atoms with van der Waals surface area (Å²) < 4.78 is 4.13. The average Bonchev–Trinajstić information content (AvgIpc) is 1.27. The van der Waals surface area contributed by atoms with Crippen LogP contribution in [-0.4, -0.2) is 22.3 Å². The maximum atomic E-state index is 7.97. The van der Waals surface area contributed by atoms with Gasteiger partial charge in [0.25, 0.3) is 6.48 Å². The first-order chi connectivity index (χ1) is 3.13. The van der Waals surface area contributed by atoms with Crippen LogP contribution in [0.1, 0.15) is 6.92 Å². The summed E-state index contributed by atoms with van der Waals surface area (Å²) in [6, 6.07) is 0. The van der Waals surface area contributed by atoms with Crippen molar-refractivity contribution in [1.29, 1.82) is 0 Å². The molecule has 0 amide bonds. The van der Waals surface area contributed by atoms with Gasteiger partial charge in [0.1, 0.15) is 5.56 Å². The van der Waals surface area contributed by atoms with Gasteiger partial charge in [0.15, 0.2) is 0 Å². The van der Waals surface area contributed by atoms with E-state index in [1.165, 1.54) is 6.92 Å². The summed E-state index contributed by atoms with van der Waals surface area (Å²) in [4.78, 5) is 0. The van der Waals surface area contributed by atoms with Crippen molar-refractivity contribution in [1.82, 2.24) is 0 Å². The molecule has 44 valence electrons. The summed E-state index contributed by atoms with van der Waals surface area (Å²) in [7, 11) is 0. The van der Waals surface area contributed by atoms with Gasteiger partial charge < -0.3 is 14.9 Å². The van der Waals surface area contributed by atoms with Crippen LogP contribution in [0.3, 0.4) is 0 Å². The van der Waals surface area contributed by atoms with Crippen LogP contribution in [0.15, 0.2) is 0 Å². The molecule has 3 nitrogen and oxygen atoms in total. The zero-order valence-corrected chi connectivity index (χ0v) is 4.59. The monoisotopic (exact) mass is 126 g/mol. The van der Waals surface area contributed by atoms with E-state index in [-0.39, 0.29) is 0 Å². The minimum Gasteiger partial charge on any atom is -0.346 e. The van der Waals surface area contributed by atoms with Crippen molar-refractivity contribution < 1.29 is 14.9 Å². The molecular formula is C3H7ClO3. The van der Waals surface area contributed by atoms with E-state index in [2.05, 4.69) is 4.74 Å². The number of halogens is 1. The van der Waals surface area contributed by atoms with Gasteiger partial charge in [0, 0.05) is 0 Å². The Balaban J connectivity index is 2.95. The largest absolute Gasteiger partial charge is 0.346 e. The van der Waals surface area contributed by atoms with E-state index in [4.69, 9.17) is 21.8 Å². The summed E-state index contributed by atoms with van der Waals surface area (Å²) in [5, 5.41) is 15.9. The summed E-state index contributed by atoms with van der Waals surface area (Å²) in [6.45, 7) is -0.270. The number of ether oxygens (including phenoxy) is 1. The molecule has 0 aliphatic carbocycles. The third kappa shape index (κ3) is 6.17. The van der Waals surface area contributed by atoms with Crippen molar-refractivity contribution in [2.45, 2.75) is 19.0 Å². The Hall–Kier alpha value is 0.170. The van der Waals surface area contributed by atoms with E-state index in [1.807, 2.05) is 0 Å². The maximum Gasteiger partial charge on any atom is 0.267 e. The first kappa shape index (κ1) is 7.17. The third-order valence-corrected chi connectivity index (χ3v) is 0.412. The highest BCUT2D eigenvalue weighted by Gasteiger charge is 1.99. The van der Waals surface area contributed by atoms with E-state index in [0.717, 1.165) is 0 Å². The van der Waals surface area contributed by atoms with Crippen molar-refractivity contribution in [3.05, 3.63) is 0 Å². The summed E-state index contributed by atoms with van der Waals surface area (Å²) in [5.74, 6) is 0. The third-order valence-electron chi connectivity index (χ3n) is 0.309. The van der Waals surface area contributed by atoms with Crippen LogP contribution < -0.4 is 0 Å². The quantitative estimate of drug-likeness (QED) is 0.400. The van der Waals surface area contributed by atoms with Gasteiger partial charge in [0.05, 0.1) is 0 Å². The molecule has 2 N–H and O–H groups in total. The van der Waals surface area contributed by atoms with Crippen molar-refractivity contribution in [2.75, 3.05) is 0 Å². The first-order valence-corrected chi connectivity index (χ1v) is 2.22. The highest BCUT2D eigenvalue weighted by Crippen LogP contribution is 1.96. The minimum absolute atomic E-state index is 0.653. The fourth-order valence-corrected chi connectivity index (χ4v) is 0.260. The van der Waals surface area contributed by atoms with Crippen molar-refractivity contribution >= 4 is 11.6 Å².